The van der Waals surface area contributed by atoms with Crippen LogP contribution in [0.15, 0.2) is 35.0 Å². The number of aliphatic hydroxyl groups excluding tert-OH is 1. The van der Waals surface area contributed by atoms with Crippen LogP contribution in [0.1, 0.15) is 17.2 Å². The first-order valence-electron chi connectivity index (χ1n) is 5.51. The summed E-state index contributed by atoms with van der Waals surface area (Å²) in [5.41, 5.74) is 1.08. The maximum absolute atomic E-state index is 13.3. The second-order valence-electron chi connectivity index (χ2n) is 3.94. The fourth-order valence-electron chi connectivity index (χ4n) is 1.60. The number of hydrogen-bond donors (Lipinski definition) is 2. The Morgan fingerprint density at radius 3 is 2.83 bits per heavy atom. The van der Waals surface area contributed by atoms with Crippen LogP contribution in [-0.4, -0.2) is 11.7 Å². The average molecular weight is 269 g/mol. The van der Waals surface area contributed by atoms with E-state index in [2.05, 4.69) is 5.32 Å². The summed E-state index contributed by atoms with van der Waals surface area (Å²) >= 11 is 1.50. The summed E-state index contributed by atoms with van der Waals surface area (Å²) in [6, 6.07) is 5.17. The molecule has 0 spiro atoms. The minimum absolute atomic E-state index is 0.185. The highest BCUT2D eigenvalue weighted by atomic mass is 32.1. The van der Waals surface area contributed by atoms with Gasteiger partial charge in [-0.15, -0.1) is 0 Å². The fraction of sp³-hybridized carbons (Fsp3) is 0.231. The Morgan fingerprint density at radius 1 is 1.28 bits per heavy atom. The van der Waals surface area contributed by atoms with Crippen molar-refractivity contribution in [3.8, 4) is 0 Å². The van der Waals surface area contributed by atoms with Gasteiger partial charge in [0.1, 0.15) is 11.6 Å². The molecule has 2 aromatic rings. The highest BCUT2D eigenvalue weighted by Crippen LogP contribution is 2.15. The van der Waals surface area contributed by atoms with Crippen molar-refractivity contribution < 1.29 is 13.9 Å². The van der Waals surface area contributed by atoms with Gasteiger partial charge >= 0.3 is 0 Å². The Labute approximate surface area is 108 Å². The number of halogens is 2. The van der Waals surface area contributed by atoms with Crippen molar-refractivity contribution in [2.24, 2.45) is 0 Å². The highest BCUT2D eigenvalue weighted by Gasteiger charge is 2.08. The quantitative estimate of drug-likeness (QED) is 0.875. The lowest BCUT2D eigenvalue weighted by atomic mass is 10.2. The third kappa shape index (κ3) is 3.35. The summed E-state index contributed by atoms with van der Waals surface area (Å²) in [6.45, 7) is 0.484. The van der Waals surface area contributed by atoms with Gasteiger partial charge in [0.05, 0.1) is 6.10 Å². The van der Waals surface area contributed by atoms with E-state index in [1.165, 1.54) is 11.3 Å². The van der Waals surface area contributed by atoms with Gasteiger partial charge < -0.3 is 10.4 Å². The second-order valence-corrected chi connectivity index (χ2v) is 4.72. The Balaban J connectivity index is 1.87. The lowest BCUT2D eigenvalue weighted by Gasteiger charge is -2.11. The molecule has 0 amide bonds. The van der Waals surface area contributed by atoms with Crippen LogP contribution in [0, 0.1) is 11.6 Å². The van der Waals surface area contributed by atoms with E-state index in [9.17, 15) is 13.9 Å². The van der Waals surface area contributed by atoms with Crippen molar-refractivity contribution in [1.82, 2.24) is 5.32 Å². The molecule has 0 saturated carbocycles. The molecule has 0 fully saturated rings. The molecule has 2 nitrogen and oxygen atoms in total. The minimum atomic E-state index is -0.632. The maximum Gasteiger partial charge on any atom is 0.127 e. The lowest BCUT2D eigenvalue weighted by molar-refractivity contribution is 0.174. The molecule has 18 heavy (non-hydrogen) atoms. The molecule has 0 saturated heterocycles. The first-order chi connectivity index (χ1) is 8.66. The van der Waals surface area contributed by atoms with Gasteiger partial charge in [0.15, 0.2) is 0 Å². The molecule has 1 aromatic heterocycles. The van der Waals surface area contributed by atoms with Crippen molar-refractivity contribution in [3.05, 3.63) is 57.8 Å². The van der Waals surface area contributed by atoms with E-state index in [0.29, 0.717) is 6.54 Å². The van der Waals surface area contributed by atoms with Gasteiger partial charge in [-0.2, -0.15) is 11.3 Å². The molecule has 0 aliphatic heterocycles. The molecule has 1 unspecified atom stereocenters. The molecule has 1 aromatic carbocycles. The fourth-order valence-corrected chi connectivity index (χ4v) is 2.31. The molecule has 0 aliphatic rings. The summed E-state index contributed by atoms with van der Waals surface area (Å²) in [7, 11) is 0. The molecule has 0 aliphatic carbocycles. The van der Waals surface area contributed by atoms with Gasteiger partial charge in [0, 0.05) is 18.7 Å². The van der Waals surface area contributed by atoms with Crippen LogP contribution in [0.5, 0.6) is 0 Å². The van der Waals surface area contributed by atoms with Gasteiger partial charge in [-0.1, -0.05) is 0 Å². The normalized spacial score (nSPS) is 12.6. The van der Waals surface area contributed by atoms with E-state index in [1.54, 1.807) is 0 Å². The SMILES string of the molecule is OC(CNCc1cc(F)ccc1F)c1ccsc1. The van der Waals surface area contributed by atoms with E-state index in [1.807, 2.05) is 16.8 Å². The smallest absolute Gasteiger partial charge is 0.127 e. The largest absolute Gasteiger partial charge is 0.387 e. The monoisotopic (exact) mass is 269 g/mol. The van der Waals surface area contributed by atoms with Crippen LogP contribution in [0.4, 0.5) is 8.78 Å². The standard InChI is InChI=1S/C13H13F2NOS/c14-11-1-2-12(15)10(5-11)6-16-7-13(17)9-3-4-18-8-9/h1-5,8,13,16-17H,6-7H2. The number of benzene rings is 1. The van der Waals surface area contributed by atoms with E-state index < -0.39 is 17.7 Å². The highest BCUT2D eigenvalue weighted by molar-refractivity contribution is 7.07. The summed E-state index contributed by atoms with van der Waals surface area (Å²) in [5.74, 6) is -0.916. The molecular weight excluding hydrogens is 256 g/mol. The van der Waals surface area contributed by atoms with Crippen LogP contribution < -0.4 is 5.32 Å². The maximum atomic E-state index is 13.3. The van der Waals surface area contributed by atoms with Crippen molar-refractivity contribution >= 4 is 11.3 Å². The molecule has 0 radical (unpaired) electrons. The summed E-state index contributed by atoms with van der Waals surface area (Å²) < 4.78 is 26.2. The van der Waals surface area contributed by atoms with Crippen LogP contribution >= 0.6 is 11.3 Å². The number of nitrogens with one attached hydrogen (secondary N) is 1. The molecule has 1 atom stereocenters. The van der Waals surface area contributed by atoms with Crippen LogP contribution in [-0.2, 0) is 6.54 Å². The molecule has 0 bridgehead atoms. The first kappa shape index (κ1) is 13.1. The Hall–Kier alpha value is -1.30. The van der Waals surface area contributed by atoms with Crippen LogP contribution in [0.3, 0.4) is 0 Å². The number of hydrogen-bond acceptors (Lipinski definition) is 3. The van der Waals surface area contributed by atoms with Crippen molar-refractivity contribution in [3.63, 3.8) is 0 Å². The lowest BCUT2D eigenvalue weighted by Crippen LogP contribution is -2.21. The van der Waals surface area contributed by atoms with Gasteiger partial charge in [-0.05, 0) is 40.6 Å². The molecule has 96 valence electrons. The predicted octanol–water partition coefficient (Wildman–Crippen LogP) is 2.85. The third-order valence-corrected chi connectivity index (χ3v) is 3.29. The number of rotatable bonds is 5. The number of thiophene rings is 1. The van der Waals surface area contributed by atoms with Gasteiger partial charge in [0.2, 0.25) is 0 Å². The molecule has 2 N–H and O–H groups in total. The number of aliphatic hydroxyl groups is 1. The van der Waals surface area contributed by atoms with Crippen molar-refractivity contribution in [2.45, 2.75) is 12.6 Å². The van der Waals surface area contributed by atoms with Crippen molar-refractivity contribution in [1.29, 1.82) is 0 Å². The van der Waals surface area contributed by atoms with E-state index >= 15 is 0 Å². The molecular formula is C13H13F2NOS. The zero-order valence-electron chi connectivity index (χ0n) is 9.57. The first-order valence-corrected chi connectivity index (χ1v) is 6.46. The Bertz CT molecular complexity index is 502. The Morgan fingerprint density at radius 2 is 2.11 bits per heavy atom. The van der Waals surface area contributed by atoms with Gasteiger partial charge in [0.25, 0.3) is 0 Å². The summed E-state index contributed by atoms with van der Waals surface area (Å²) in [6.07, 6.45) is -0.632. The second kappa shape index (κ2) is 6.04. The van der Waals surface area contributed by atoms with Crippen LogP contribution in [0.25, 0.3) is 0 Å². The summed E-state index contributed by atoms with van der Waals surface area (Å²) in [5, 5.41) is 16.4. The van der Waals surface area contributed by atoms with Crippen LogP contribution in [0.2, 0.25) is 0 Å². The van der Waals surface area contributed by atoms with Gasteiger partial charge in [-0.25, -0.2) is 8.78 Å². The third-order valence-electron chi connectivity index (χ3n) is 2.59. The zero-order valence-corrected chi connectivity index (χ0v) is 10.4. The molecule has 2 rings (SSSR count). The zero-order chi connectivity index (χ0) is 13.0. The van der Waals surface area contributed by atoms with E-state index in [-0.39, 0.29) is 12.1 Å². The molecule has 1 heterocycles. The van der Waals surface area contributed by atoms with Crippen molar-refractivity contribution in [2.75, 3.05) is 6.54 Å². The van der Waals surface area contributed by atoms with Gasteiger partial charge in [-0.3, -0.25) is 0 Å². The van der Waals surface area contributed by atoms with E-state index in [0.717, 1.165) is 23.8 Å². The predicted molar refractivity (Wildman–Crippen MR) is 67.3 cm³/mol. The Kier molecular flexibility index (Phi) is 4.41. The van der Waals surface area contributed by atoms with E-state index in [4.69, 9.17) is 0 Å². The average Bonchev–Trinajstić information content (AvgIpc) is 2.87. The minimum Gasteiger partial charge on any atom is -0.387 e. The summed E-state index contributed by atoms with van der Waals surface area (Å²) in [4.78, 5) is 0. The molecule has 5 heteroatoms. The topological polar surface area (TPSA) is 32.3 Å².